The third kappa shape index (κ3) is 3.66. The molecule has 0 aliphatic carbocycles. The maximum Gasteiger partial charge on any atom is 0.239 e. The lowest BCUT2D eigenvalue weighted by molar-refractivity contribution is -0.120. The van der Waals surface area contributed by atoms with Crippen molar-refractivity contribution < 1.29 is 4.79 Å². The first kappa shape index (κ1) is 18.4. The van der Waals surface area contributed by atoms with Crippen LogP contribution in [-0.4, -0.2) is 46.5 Å². The molecule has 152 valence electrons. The molecule has 7 nitrogen and oxygen atoms in total. The van der Waals surface area contributed by atoms with E-state index < -0.39 is 0 Å². The molecule has 0 saturated carbocycles. The number of carbonyl (C=O) groups is 1. The fourth-order valence-corrected chi connectivity index (χ4v) is 4.23. The van der Waals surface area contributed by atoms with Crippen LogP contribution in [0.1, 0.15) is 12.8 Å². The molecule has 0 bridgehead atoms. The Kier molecular flexibility index (Phi) is 4.93. The Bertz CT molecular complexity index is 1180. The number of rotatable bonds is 5. The minimum atomic E-state index is 0.00395. The van der Waals surface area contributed by atoms with Gasteiger partial charge in [0.1, 0.15) is 17.8 Å². The quantitative estimate of drug-likeness (QED) is 0.479. The summed E-state index contributed by atoms with van der Waals surface area (Å²) in [6, 6.07) is 16.4. The predicted molar refractivity (Wildman–Crippen MR) is 120 cm³/mol. The molecule has 7 heteroatoms. The number of benzene rings is 2. The molecular formula is C23H24N6O. The highest BCUT2D eigenvalue weighted by molar-refractivity contribution is 5.95. The van der Waals surface area contributed by atoms with Gasteiger partial charge in [0.15, 0.2) is 0 Å². The van der Waals surface area contributed by atoms with Crippen LogP contribution in [0.5, 0.6) is 0 Å². The van der Waals surface area contributed by atoms with E-state index in [2.05, 4.69) is 48.7 Å². The number of hydrogen-bond acceptors (Lipinski definition) is 5. The first-order chi connectivity index (χ1) is 14.8. The molecule has 3 N–H and O–H groups in total. The Hall–Kier alpha value is -3.61. The first-order valence-corrected chi connectivity index (χ1v) is 10.3. The maximum atomic E-state index is 12.6. The van der Waals surface area contributed by atoms with Gasteiger partial charge < -0.3 is 20.5 Å². The number of fused-ring (bicyclic) bond motifs is 2. The molecular weight excluding hydrogens is 376 g/mol. The third-order valence-corrected chi connectivity index (χ3v) is 5.65. The number of aromatic amines is 1. The lowest BCUT2D eigenvalue weighted by atomic mass is 10.1. The fourth-order valence-electron chi connectivity index (χ4n) is 4.23. The molecule has 1 fully saturated rings. The van der Waals surface area contributed by atoms with Crippen molar-refractivity contribution >= 4 is 39.2 Å². The number of H-pyrrole nitrogens is 1. The Morgan fingerprint density at radius 3 is 2.97 bits per heavy atom. The summed E-state index contributed by atoms with van der Waals surface area (Å²) in [4.78, 5) is 26.7. The molecule has 1 aliphatic heterocycles. The Morgan fingerprint density at radius 2 is 2.00 bits per heavy atom. The monoisotopic (exact) mass is 400 g/mol. The van der Waals surface area contributed by atoms with Crippen LogP contribution in [0.4, 0.5) is 11.5 Å². The number of nitrogens with zero attached hydrogens (tertiary/aromatic N) is 3. The summed E-state index contributed by atoms with van der Waals surface area (Å²) < 4.78 is 0. The van der Waals surface area contributed by atoms with E-state index in [9.17, 15) is 4.79 Å². The number of nitrogens with one attached hydrogen (secondary N) is 3. The summed E-state index contributed by atoms with van der Waals surface area (Å²) in [6.45, 7) is 1.93. The van der Waals surface area contributed by atoms with Crippen molar-refractivity contribution in [2.24, 2.45) is 0 Å². The van der Waals surface area contributed by atoms with Crippen LogP contribution in [0.2, 0.25) is 0 Å². The maximum absolute atomic E-state index is 12.6. The number of carbonyl (C=O) groups excluding carboxylic acids is 1. The topological polar surface area (TPSA) is 85.9 Å². The number of anilines is 2. The molecule has 4 aromatic rings. The second-order valence-electron chi connectivity index (χ2n) is 7.67. The van der Waals surface area contributed by atoms with E-state index in [1.165, 1.54) is 0 Å². The molecule has 2 aromatic heterocycles. The third-order valence-electron chi connectivity index (χ3n) is 5.65. The summed E-state index contributed by atoms with van der Waals surface area (Å²) in [7, 11) is 0. The van der Waals surface area contributed by atoms with Gasteiger partial charge >= 0.3 is 0 Å². The number of piperidine rings is 1. The normalized spacial score (nSPS) is 16.7. The van der Waals surface area contributed by atoms with E-state index in [1.807, 2.05) is 36.5 Å². The second kappa shape index (κ2) is 8.02. The van der Waals surface area contributed by atoms with Gasteiger partial charge in [0, 0.05) is 36.4 Å². The van der Waals surface area contributed by atoms with Crippen LogP contribution >= 0.6 is 0 Å². The molecule has 1 aliphatic rings. The van der Waals surface area contributed by atoms with Crippen LogP contribution in [0.15, 0.2) is 61.1 Å². The number of aromatic nitrogens is 3. The van der Waals surface area contributed by atoms with Crippen molar-refractivity contribution in [2.75, 3.05) is 29.9 Å². The van der Waals surface area contributed by atoms with Crippen LogP contribution in [0.3, 0.4) is 0 Å². The van der Waals surface area contributed by atoms with Crippen molar-refractivity contribution in [3.8, 4) is 0 Å². The van der Waals surface area contributed by atoms with Gasteiger partial charge in [-0.05, 0) is 30.4 Å². The number of amides is 1. The van der Waals surface area contributed by atoms with Gasteiger partial charge in [-0.25, -0.2) is 9.97 Å². The lowest BCUT2D eigenvalue weighted by Crippen LogP contribution is -2.49. The SMILES string of the molecule is O=C(CNc1cccc2ccccc12)N[C@H]1CCCN(c2ncnc3[nH]ccc23)C1. The van der Waals surface area contributed by atoms with Gasteiger partial charge in [-0.3, -0.25) is 4.79 Å². The van der Waals surface area contributed by atoms with Crippen molar-refractivity contribution in [1.82, 2.24) is 20.3 Å². The van der Waals surface area contributed by atoms with Gasteiger partial charge in [-0.15, -0.1) is 0 Å². The van der Waals surface area contributed by atoms with E-state index in [4.69, 9.17) is 0 Å². The average Bonchev–Trinajstić information content (AvgIpc) is 3.27. The minimum absolute atomic E-state index is 0.00395. The summed E-state index contributed by atoms with van der Waals surface area (Å²) in [6.07, 6.45) is 5.45. The van der Waals surface area contributed by atoms with Crippen molar-refractivity contribution in [2.45, 2.75) is 18.9 Å². The molecule has 1 amide bonds. The van der Waals surface area contributed by atoms with Crippen LogP contribution < -0.4 is 15.5 Å². The van der Waals surface area contributed by atoms with E-state index in [-0.39, 0.29) is 18.5 Å². The molecule has 0 radical (unpaired) electrons. The minimum Gasteiger partial charge on any atom is -0.376 e. The largest absolute Gasteiger partial charge is 0.376 e. The zero-order valence-corrected chi connectivity index (χ0v) is 16.6. The second-order valence-corrected chi connectivity index (χ2v) is 7.67. The fraction of sp³-hybridized carbons (Fsp3) is 0.261. The van der Waals surface area contributed by atoms with Crippen LogP contribution in [0, 0.1) is 0 Å². The van der Waals surface area contributed by atoms with Crippen molar-refractivity contribution in [1.29, 1.82) is 0 Å². The molecule has 3 heterocycles. The summed E-state index contributed by atoms with van der Waals surface area (Å²) in [5.74, 6) is 0.929. The summed E-state index contributed by atoms with van der Waals surface area (Å²) >= 11 is 0. The van der Waals surface area contributed by atoms with Gasteiger partial charge in [0.2, 0.25) is 5.91 Å². The summed E-state index contributed by atoms with van der Waals surface area (Å²) in [5, 5.41) is 9.77. The van der Waals surface area contributed by atoms with Gasteiger partial charge in [0.05, 0.1) is 11.9 Å². The highest BCUT2D eigenvalue weighted by Gasteiger charge is 2.23. The first-order valence-electron chi connectivity index (χ1n) is 10.3. The van der Waals surface area contributed by atoms with E-state index >= 15 is 0 Å². The molecule has 30 heavy (non-hydrogen) atoms. The Labute approximate surface area is 174 Å². The molecule has 5 rings (SSSR count). The predicted octanol–water partition coefficient (Wildman–Crippen LogP) is 3.31. The van der Waals surface area contributed by atoms with Crippen LogP contribution in [-0.2, 0) is 4.79 Å². The van der Waals surface area contributed by atoms with Gasteiger partial charge in [-0.2, -0.15) is 0 Å². The van der Waals surface area contributed by atoms with Gasteiger partial charge in [-0.1, -0.05) is 36.4 Å². The Balaban J connectivity index is 1.22. The molecule has 0 spiro atoms. The van der Waals surface area contributed by atoms with Crippen LogP contribution in [0.25, 0.3) is 21.8 Å². The Morgan fingerprint density at radius 1 is 1.10 bits per heavy atom. The molecule has 1 atom stereocenters. The lowest BCUT2D eigenvalue weighted by Gasteiger charge is -2.34. The smallest absolute Gasteiger partial charge is 0.239 e. The highest BCUT2D eigenvalue weighted by Crippen LogP contribution is 2.25. The zero-order valence-electron chi connectivity index (χ0n) is 16.6. The standard InChI is InChI=1S/C23H24N6O/c30-21(13-25-20-9-3-6-16-5-1-2-8-18(16)20)28-17-7-4-12-29(14-17)23-19-10-11-24-22(19)26-15-27-23/h1-3,5-6,8-11,15,17,25H,4,7,12-14H2,(H,28,30)(H,24,26,27)/t17-/m0/s1. The highest BCUT2D eigenvalue weighted by atomic mass is 16.2. The average molecular weight is 400 g/mol. The number of hydrogen-bond donors (Lipinski definition) is 3. The van der Waals surface area contributed by atoms with Crippen molar-refractivity contribution in [3.05, 3.63) is 61.1 Å². The van der Waals surface area contributed by atoms with E-state index in [1.54, 1.807) is 6.33 Å². The van der Waals surface area contributed by atoms with E-state index in [0.717, 1.165) is 59.2 Å². The molecule has 2 aromatic carbocycles. The zero-order chi connectivity index (χ0) is 20.3. The molecule has 1 saturated heterocycles. The van der Waals surface area contributed by atoms with Crippen molar-refractivity contribution in [3.63, 3.8) is 0 Å². The molecule has 0 unspecified atom stereocenters. The summed E-state index contributed by atoms with van der Waals surface area (Å²) in [5.41, 5.74) is 1.81. The van der Waals surface area contributed by atoms with Gasteiger partial charge in [0.25, 0.3) is 0 Å². The van der Waals surface area contributed by atoms with E-state index in [0.29, 0.717) is 0 Å².